The molecule has 0 saturated carbocycles. The first kappa shape index (κ1) is 13.1. The Morgan fingerprint density at radius 1 is 1.39 bits per heavy atom. The summed E-state index contributed by atoms with van der Waals surface area (Å²) >= 11 is 3.54. The molecule has 3 N–H and O–H groups in total. The van der Waals surface area contributed by atoms with Crippen LogP contribution in [0.3, 0.4) is 0 Å². The van der Waals surface area contributed by atoms with Gasteiger partial charge in [-0.25, -0.2) is 4.68 Å². The summed E-state index contributed by atoms with van der Waals surface area (Å²) in [5.74, 6) is 0. The van der Waals surface area contributed by atoms with Gasteiger partial charge in [-0.3, -0.25) is 0 Å². The minimum atomic E-state index is 0.699. The molecule has 1 aromatic heterocycles. The van der Waals surface area contributed by atoms with Gasteiger partial charge in [-0.2, -0.15) is 5.10 Å². The Labute approximate surface area is 115 Å². The van der Waals surface area contributed by atoms with Crippen molar-refractivity contribution >= 4 is 21.6 Å². The van der Waals surface area contributed by atoms with Crippen molar-refractivity contribution in [2.75, 3.05) is 18.4 Å². The molecule has 0 bridgehead atoms. The highest BCUT2D eigenvalue weighted by atomic mass is 79.9. The minimum absolute atomic E-state index is 0.699. The first-order valence-electron chi connectivity index (χ1n) is 5.97. The minimum Gasteiger partial charge on any atom is -0.382 e. The average Bonchev–Trinajstić information content (AvgIpc) is 2.72. The highest BCUT2D eigenvalue weighted by Crippen LogP contribution is 2.24. The van der Waals surface area contributed by atoms with Gasteiger partial charge in [0.05, 0.1) is 23.3 Å². The van der Waals surface area contributed by atoms with E-state index in [1.807, 2.05) is 35.1 Å². The SMILES string of the molecule is Cc1c(NCCCN)cnn1-c1ccccc1Br. The summed E-state index contributed by atoms with van der Waals surface area (Å²) in [5, 5.41) is 7.76. The number of halogens is 1. The van der Waals surface area contributed by atoms with E-state index in [0.717, 1.165) is 34.5 Å². The summed E-state index contributed by atoms with van der Waals surface area (Å²) < 4.78 is 2.96. The lowest BCUT2D eigenvalue weighted by molar-refractivity contribution is 0.841. The van der Waals surface area contributed by atoms with Gasteiger partial charge in [0.15, 0.2) is 0 Å². The van der Waals surface area contributed by atoms with E-state index in [9.17, 15) is 0 Å². The second-order valence-electron chi connectivity index (χ2n) is 4.08. The van der Waals surface area contributed by atoms with Crippen LogP contribution in [0.5, 0.6) is 0 Å². The topological polar surface area (TPSA) is 55.9 Å². The molecule has 0 radical (unpaired) electrons. The fraction of sp³-hybridized carbons (Fsp3) is 0.308. The standard InChI is InChI=1S/C13H17BrN4/c1-10-12(16-8-4-7-15)9-17-18(10)13-6-3-2-5-11(13)14/h2-3,5-6,9,16H,4,7-8,15H2,1H3. The first-order valence-corrected chi connectivity index (χ1v) is 6.77. The van der Waals surface area contributed by atoms with Crippen LogP contribution in [-0.4, -0.2) is 22.9 Å². The average molecular weight is 309 g/mol. The van der Waals surface area contributed by atoms with E-state index >= 15 is 0 Å². The number of benzene rings is 1. The number of nitrogens with one attached hydrogen (secondary N) is 1. The molecule has 96 valence electrons. The number of aromatic nitrogens is 2. The van der Waals surface area contributed by atoms with Crippen molar-refractivity contribution in [3.8, 4) is 5.69 Å². The molecule has 0 aliphatic heterocycles. The summed E-state index contributed by atoms with van der Waals surface area (Å²) in [4.78, 5) is 0. The largest absolute Gasteiger partial charge is 0.382 e. The molecule has 0 unspecified atom stereocenters. The van der Waals surface area contributed by atoms with Crippen LogP contribution in [0.1, 0.15) is 12.1 Å². The maximum absolute atomic E-state index is 5.48. The number of rotatable bonds is 5. The van der Waals surface area contributed by atoms with Gasteiger partial charge in [0.2, 0.25) is 0 Å². The molecule has 0 aliphatic carbocycles. The Bertz CT molecular complexity index is 521. The third-order valence-corrected chi connectivity index (χ3v) is 3.46. The quantitative estimate of drug-likeness (QED) is 0.835. The maximum Gasteiger partial charge on any atom is 0.0791 e. The fourth-order valence-corrected chi connectivity index (χ4v) is 2.23. The van der Waals surface area contributed by atoms with E-state index in [1.54, 1.807) is 0 Å². The van der Waals surface area contributed by atoms with E-state index in [-0.39, 0.29) is 0 Å². The van der Waals surface area contributed by atoms with Gasteiger partial charge >= 0.3 is 0 Å². The summed E-state index contributed by atoms with van der Waals surface area (Å²) in [6, 6.07) is 8.04. The highest BCUT2D eigenvalue weighted by molar-refractivity contribution is 9.10. The molecule has 1 heterocycles. The smallest absolute Gasteiger partial charge is 0.0791 e. The van der Waals surface area contributed by atoms with Crippen molar-refractivity contribution in [1.29, 1.82) is 0 Å². The van der Waals surface area contributed by atoms with Crippen LogP contribution in [0, 0.1) is 6.92 Å². The van der Waals surface area contributed by atoms with Crippen molar-refractivity contribution in [3.05, 3.63) is 40.6 Å². The van der Waals surface area contributed by atoms with Crippen LogP contribution in [0.2, 0.25) is 0 Å². The van der Waals surface area contributed by atoms with Crippen LogP contribution >= 0.6 is 15.9 Å². The molecular formula is C13H17BrN4. The fourth-order valence-electron chi connectivity index (χ4n) is 1.77. The zero-order valence-corrected chi connectivity index (χ0v) is 11.9. The lowest BCUT2D eigenvalue weighted by Gasteiger charge is -2.08. The molecule has 0 atom stereocenters. The van der Waals surface area contributed by atoms with Gasteiger partial charge < -0.3 is 11.1 Å². The second-order valence-corrected chi connectivity index (χ2v) is 4.93. The summed E-state index contributed by atoms with van der Waals surface area (Å²) in [7, 11) is 0. The van der Waals surface area contributed by atoms with Crippen molar-refractivity contribution in [2.45, 2.75) is 13.3 Å². The van der Waals surface area contributed by atoms with Crippen molar-refractivity contribution < 1.29 is 0 Å². The molecule has 1 aromatic carbocycles. The van der Waals surface area contributed by atoms with Crippen LogP contribution in [0.4, 0.5) is 5.69 Å². The molecule has 4 nitrogen and oxygen atoms in total. The molecule has 0 aliphatic rings. The number of nitrogens with zero attached hydrogens (tertiary/aromatic N) is 2. The van der Waals surface area contributed by atoms with Crippen LogP contribution in [0.15, 0.2) is 34.9 Å². The molecule has 0 spiro atoms. The van der Waals surface area contributed by atoms with Gasteiger partial charge in [0, 0.05) is 11.0 Å². The van der Waals surface area contributed by atoms with Crippen LogP contribution in [-0.2, 0) is 0 Å². The molecule has 5 heteroatoms. The molecule has 0 fully saturated rings. The van der Waals surface area contributed by atoms with Crippen LogP contribution in [0.25, 0.3) is 5.69 Å². The Balaban J connectivity index is 2.23. The van der Waals surface area contributed by atoms with Crippen molar-refractivity contribution in [3.63, 3.8) is 0 Å². The number of hydrogen-bond acceptors (Lipinski definition) is 3. The molecular weight excluding hydrogens is 292 g/mol. The normalized spacial score (nSPS) is 10.6. The maximum atomic E-state index is 5.48. The summed E-state index contributed by atoms with van der Waals surface area (Å²) in [6.07, 6.45) is 2.81. The van der Waals surface area contributed by atoms with Crippen molar-refractivity contribution in [1.82, 2.24) is 9.78 Å². The zero-order chi connectivity index (χ0) is 13.0. The lowest BCUT2D eigenvalue weighted by atomic mass is 10.3. The molecule has 0 amide bonds. The Hall–Kier alpha value is -1.33. The van der Waals surface area contributed by atoms with Gasteiger partial charge in [-0.1, -0.05) is 12.1 Å². The predicted octanol–water partition coefficient (Wildman–Crippen LogP) is 2.70. The monoisotopic (exact) mass is 308 g/mol. The van der Waals surface area contributed by atoms with E-state index < -0.39 is 0 Å². The van der Waals surface area contributed by atoms with Crippen molar-refractivity contribution in [2.24, 2.45) is 5.73 Å². The van der Waals surface area contributed by atoms with Gasteiger partial charge in [-0.15, -0.1) is 0 Å². The third-order valence-electron chi connectivity index (χ3n) is 2.79. The predicted molar refractivity (Wildman–Crippen MR) is 78.2 cm³/mol. The second kappa shape index (κ2) is 6.02. The van der Waals surface area contributed by atoms with Gasteiger partial charge in [-0.05, 0) is 48.0 Å². The number of para-hydroxylation sites is 1. The third kappa shape index (κ3) is 2.73. The Morgan fingerprint density at radius 2 is 2.17 bits per heavy atom. The Kier molecular flexibility index (Phi) is 4.38. The molecule has 18 heavy (non-hydrogen) atoms. The zero-order valence-electron chi connectivity index (χ0n) is 10.4. The molecule has 0 saturated heterocycles. The van der Waals surface area contributed by atoms with Gasteiger partial charge in [0.25, 0.3) is 0 Å². The number of nitrogens with two attached hydrogens (primary N) is 1. The Morgan fingerprint density at radius 3 is 2.89 bits per heavy atom. The summed E-state index contributed by atoms with van der Waals surface area (Å²) in [5.41, 5.74) is 8.67. The molecule has 2 aromatic rings. The van der Waals surface area contributed by atoms with E-state index in [1.165, 1.54) is 0 Å². The van der Waals surface area contributed by atoms with E-state index in [0.29, 0.717) is 6.54 Å². The van der Waals surface area contributed by atoms with Gasteiger partial charge in [0.1, 0.15) is 0 Å². The number of anilines is 1. The highest BCUT2D eigenvalue weighted by Gasteiger charge is 2.09. The molecule has 2 rings (SSSR count). The van der Waals surface area contributed by atoms with E-state index in [4.69, 9.17) is 5.73 Å². The van der Waals surface area contributed by atoms with Crippen LogP contribution < -0.4 is 11.1 Å². The van der Waals surface area contributed by atoms with E-state index in [2.05, 4.69) is 33.3 Å². The summed E-state index contributed by atoms with van der Waals surface area (Å²) in [6.45, 7) is 3.63. The first-order chi connectivity index (χ1) is 8.74. The lowest BCUT2D eigenvalue weighted by Crippen LogP contribution is -2.09. The number of hydrogen-bond donors (Lipinski definition) is 2.